The number of hydrogen-bond acceptors (Lipinski definition) is 3. The van der Waals surface area contributed by atoms with Gasteiger partial charge in [-0.15, -0.1) is 0 Å². The highest BCUT2D eigenvalue weighted by Crippen LogP contribution is 2.44. The first-order valence-corrected chi connectivity index (χ1v) is 12.0. The number of carbonyl (C=O) groups excluding carboxylic acids is 1. The van der Waals surface area contributed by atoms with Crippen LogP contribution in [0.1, 0.15) is 116 Å². The van der Waals surface area contributed by atoms with E-state index >= 15 is 0 Å². The fourth-order valence-corrected chi connectivity index (χ4v) is 4.25. The zero-order valence-electron chi connectivity index (χ0n) is 22.7. The molecule has 3 rings (SSSR count). The molecule has 3 nitrogen and oxygen atoms in total. The third-order valence-electron chi connectivity index (χ3n) is 6.43. The molecule has 0 N–H and O–H groups in total. The molecule has 1 aliphatic heterocycles. The number of carbonyl (C=O) groups is 1. The summed E-state index contributed by atoms with van der Waals surface area (Å²) in [7, 11) is 0. The molecule has 0 atom stereocenters. The van der Waals surface area contributed by atoms with Crippen LogP contribution in [0.3, 0.4) is 0 Å². The van der Waals surface area contributed by atoms with Crippen LogP contribution < -0.4 is 9.47 Å². The zero-order chi connectivity index (χ0) is 25.1. The molecule has 2 aromatic rings. The van der Waals surface area contributed by atoms with E-state index in [0.717, 1.165) is 22.3 Å². The van der Waals surface area contributed by atoms with E-state index in [0.29, 0.717) is 17.9 Å². The van der Waals surface area contributed by atoms with Crippen LogP contribution in [-0.2, 0) is 28.1 Å². The molecule has 0 bridgehead atoms. The number of fused-ring (bicyclic) bond motifs is 2. The highest BCUT2D eigenvalue weighted by atomic mass is 16.7. The quantitative estimate of drug-likeness (QED) is 0.299. The Morgan fingerprint density at radius 1 is 0.545 bits per heavy atom. The summed E-state index contributed by atoms with van der Waals surface area (Å²) in [6.07, 6.45) is -0.0157. The third-order valence-corrected chi connectivity index (χ3v) is 6.43. The van der Waals surface area contributed by atoms with E-state index < -0.39 is 6.16 Å². The summed E-state index contributed by atoms with van der Waals surface area (Å²) in [5.74, 6) is 1.29. The van der Waals surface area contributed by atoms with Gasteiger partial charge in [0, 0.05) is 28.7 Å². The van der Waals surface area contributed by atoms with E-state index in [1.807, 2.05) is 0 Å². The minimum atomic E-state index is -0.666. The molecule has 0 spiro atoms. The Bertz CT molecular complexity index is 992. The van der Waals surface area contributed by atoms with Gasteiger partial charge in [0.2, 0.25) is 0 Å². The van der Waals surface area contributed by atoms with Crippen LogP contribution in [0.15, 0.2) is 24.3 Å². The second-order valence-corrected chi connectivity index (χ2v) is 13.7. The molecule has 0 saturated carbocycles. The van der Waals surface area contributed by atoms with Gasteiger partial charge in [-0.1, -0.05) is 107 Å². The van der Waals surface area contributed by atoms with Crippen molar-refractivity contribution in [2.45, 2.75) is 111 Å². The highest BCUT2D eigenvalue weighted by Gasteiger charge is 2.33. The van der Waals surface area contributed by atoms with Crippen molar-refractivity contribution in [3.8, 4) is 11.5 Å². The average Bonchev–Trinajstić information content (AvgIpc) is 2.58. The summed E-state index contributed by atoms with van der Waals surface area (Å²) >= 11 is 0. The summed E-state index contributed by atoms with van der Waals surface area (Å²) in [6, 6.07) is 8.82. The first-order chi connectivity index (χ1) is 14.8. The van der Waals surface area contributed by atoms with E-state index in [2.05, 4.69) is 107 Å². The Kier molecular flexibility index (Phi) is 6.06. The minimum Gasteiger partial charge on any atom is -0.394 e. The fourth-order valence-electron chi connectivity index (χ4n) is 4.25. The number of hydrogen-bond donors (Lipinski definition) is 0. The van der Waals surface area contributed by atoms with Crippen molar-refractivity contribution in [2.24, 2.45) is 0 Å². The summed E-state index contributed by atoms with van der Waals surface area (Å²) in [6.45, 7) is 26.3. The van der Waals surface area contributed by atoms with Gasteiger partial charge in [-0.3, -0.25) is 0 Å². The Hall–Kier alpha value is -2.29. The van der Waals surface area contributed by atoms with Gasteiger partial charge in [0.1, 0.15) is 11.5 Å². The molecule has 1 heterocycles. The molecule has 1 aliphatic rings. The van der Waals surface area contributed by atoms with E-state index in [-0.39, 0.29) is 21.7 Å². The van der Waals surface area contributed by atoms with Crippen molar-refractivity contribution in [1.29, 1.82) is 0 Å². The second-order valence-electron chi connectivity index (χ2n) is 13.7. The molecule has 0 saturated heterocycles. The van der Waals surface area contributed by atoms with E-state index in [1.54, 1.807) is 0 Å². The maximum absolute atomic E-state index is 13.0. The van der Waals surface area contributed by atoms with Crippen LogP contribution in [0.4, 0.5) is 4.79 Å². The van der Waals surface area contributed by atoms with Gasteiger partial charge in [0.15, 0.2) is 0 Å². The van der Waals surface area contributed by atoms with Crippen LogP contribution in [0.5, 0.6) is 11.5 Å². The summed E-state index contributed by atoms with van der Waals surface area (Å²) in [5.41, 5.74) is 6.22. The smallest absolute Gasteiger partial charge is 0.394 e. The Balaban J connectivity index is 2.38. The SMILES string of the molecule is CC(C)(C)c1cc2c(c(C(C)(C)C)c1)OC(=O)Oc1c(cc(C(C)(C)C)cc1C(C)(C)C)C2. The standard InChI is InChI=1S/C30H42O3/c1-27(2,3)20-14-18-13-19-15-21(28(4,5)6)17-23(30(10,11)12)25(19)33-26(31)32-24(18)22(16-20)29(7,8)9/h14-17H,13H2,1-12H3. The predicted molar refractivity (Wildman–Crippen MR) is 137 cm³/mol. The first-order valence-electron chi connectivity index (χ1n) is 12.0. The fraction of sp³-hybridized carbons (Fsp3) is 0.567. The van der Waals surface area contributed by atoms with Crippen LogP contribution in [0, 0.1) is 0 Å². The van der Waals surface area contributed by atoms with Crippen LogP contribution >= 0.6 is 0 Å². The first kappa shape index (κ1) is 25.3. The maximum atomic E-state index is 13.0. The zero-order valence-corrected chi connectivity index (χ0v) is 22.7. The Morgan fingerprint density at radius 2 is 0.879 bits per heavy atom. The van der Waals surface area contributed by atoms with Crippen molar-refractivity contribution < 1.29 is 14.3 Å². The summed E-state index contributed by atoms with van der Waals surface area (Å²) in [4.78, 5) is 13.0. The monoisotopic (exact) mass is 450 g/mol. The van der Waals surface area contributed by atoms with E-state index in [1.165, 1.54) is 11.1 Å². The van der Waals surface area contributed by atoms with Crippen molar-refractivity contribution in [3.63, 3.8) is 0 Å². The van der Waals surface area contributed by atoms with Gasteiger partial charge in [-0.2, -0.15) is 0 Å². The molecule has 0 amide bonds. The molecule has 0 aliphatic carbocycles. The molecule has 2 aromatic carbocycles. The van der Waals surface area contributed by atoms with Gasteiger partial charge in [0.25, 0.3) is 0 Å². The summed E-state index contributed by atoms with van der Waals surface area (Å²) < 4.78 is 11.8. The maximum Gasteiger partial charge on any atom is 0.519 e. The normalized spacial score (nSPS) is 15.1. The van der Waals surface area contributed by atoms with Crippen molar-refractivity contribution in [3.05, 3.63) is 57.6 Å². The van der Waals surface area contributed by atoms with Crippen molar-refractivity contribution in [2.75, 3.05) is 0 Å². The molecule has 0 aromatic heterocycles. The molecule has 0 fully saturated rings. The number of benzene rings is 2. The average molecular weight is 451 g/mol. The summed E-state index contributed by atoms with van der Waals surface area (Å²) in [5, 5.41) is 0. The minimum absolute atomic E-state index is 0.0233. The molecular formula is C30H42O3. The van der Waals surface area contributed by atoms with Crippen LogP contribution in [0.2, 0.25) is 0 Å². The topological polar surface area (TPSA) is 35.5 Å². The van der Waals surface area contributed by atoms with E-state index in [9.17, 15) is 4.79 Å². The van der Waals surface area contributed by atoms with Gasteiger partial charge in [-0.25, -0.2) is 4.79 Å². The lowest BCUT2D eigenvalue weighted by Gasteiger charge is -2.32. The Labute approximate surface area is 200 Å². The molecule has 0 unspecified atom stereocenters. The van der Waals surface area contributed by atoms with Gasteiger partial charge in [0.05, 0.1) is 0 Å². The van der Waals surface area contributed by atoms with Crippen LogP contribution in [0.25, 0.3) is 0 Å². The molecule has 0 radical (unpaired) electrons. The predicted octanol–water partition coefficient (Wildman–Crippen LogP) is 8.36. The van der Waals surface area contributed by atoms with E-state index in [4.69, 9.17) is 9.47 Å². The van der Waals surface area contributed by atoms with Gasteiger partial charge >= 0.3 is 6.16 Å². The van der Waals surface area contributed by atoms with Gasteiger partial charge in [-0.05, 0) is 32.8 Å². The third kappa shape index (κ3) is 5.28. The lowest BCUT2D eigenvalue weighted by molar-refractivity contribution is 0.148. The van der Waals surface area contributed by atoms with Gasteiger partial charge < -0.3 is 9.47 Å². The second kappa shape index (κ2) is 7.89. The number of ether oxygens (including phenoxy) is 2. The molecule has 180 valence electrons. The molecule has 3 heteroatoms. The largest absolute Gasteiger partial charge is 0.519 e. The highest BCUT2D eigenvalue weighted by molar-refractivity contribution is 5.72. The lowest BCUT2D eigenvalue weighted by Crippen LogP contribution is -2.26. The number of rotatable bonds is 0. The van der Waals surface area contributed by atoms with Crippen LogP contribution in [-0.4, -0.2) is 6.16 Å². The van der Waals surface area contributed by atoms with Crippen molar-refractivity contribution >= 4 is 6.16 Å². The van der Waals surface area contributed by atoms with Crippen molar-refractivity contribution in [1.82, 2.24) is 0 Å². The molecular weight excluding hydrogens is 408 g/mol. The lowest BCUT2D eigenvalue weighted by atomic mass is 9.76. The molecule has 33 heavy (non-hydrogen) atoms. The Morgan fingerprint density at radius 3 is 1.15 bits per heavy atom.